The van der Waals surface area contributed by atoms with Crippen molar-refractivity contribution in [1.29, 1.82) is 0 Å². The van der Waals surface area contributed by atoms with Gasteiger partial charge in [-0.15, -0.1) is 16.4 Å². The normalized spacial score (nSPS) is 15.7. The van der Waals surface area contributed by atoms with Gasteiger partial charge in [-0.2, -0.15) is 4.31 Å². The number of nitrogens with one attached hydrogen (secondary N) is 1. The van der Waals surface area contributed by atoms with Gasteiger partial charge in [0.15, 0.2) is 0 Å². The Morgan fingerprint density at radius 2 is 1.94 bits per heavy atom. The van der Waals surface area contributed by atoms with E-state index >= 15 is 0 Å². The number of halogens is 1. The SMILES string of the molecule is Cc1ccc(Cc2nnc(NC(=O)C3CCN(S(=O)(=O)c4ccc(Cl)s4)CC3)o2)cc1C. The van der Waals surface area contributed by atoms with Crippen molar-refractivity contribution in [2.45, 2.75) is 37.3 Å². The van der Waals surface area contributed by atoms with Crippen molar-refractivity contribution in [3.8, 4) is 0 Å². The van der Waals surface area contributed by atoms with Gasteiger partial charge in [0.1, 0.15) is 4.21 Å². The molecule has 1 saturated heterocycles. The number of nitrogens with zero attached hydrogens (tertiary/aromatic N) is 3. The number of thiophene rings is 1. The highest BCUT2D eigenvalue weighted by Gasteiger charge is 2.33. The van der Waals surface area contributed by atoms with Crippen LogP contribution in [0.15, 0.2) is 39.0 Å². The predicted molar refractivity (Wildman–Crippen MR) is 122 cm³/mol. The zero-order valence-corrected chi connectivity index (χ0v) is 20.1. The minimum atomic E-state index is -3.59. The number of sulfonamides is 1. The number of piperidine rings is 1. The summed E-state index contributed by atoms with van der Waals surface area (Å²) < 4.78 is 33.0. The van der Waals surface area contributed by atoms with E-state index in [2.05, 4.69) is 28.5 Å². The topological polar surface area (TPSA) is 105 Å². The largest absolute Gasteiger partial charge is 0.407 e. The van der Waals surface area contributed by atoms with Crippen LogP contribution in [0.3, 0.4) is 0 Å². The maximum Gasteiger partial charge on any atom is 0.322 e. The molecule has 0 radical (unpaired) electrons. The predicted octanol–water partition coefficient (Wildman–Crippen LogP) is 4.03. The average molecular weight is 495 g/mol. The summed E-state index contributed by atoms with van der Waals surface area (Å²) in [5.41, 5.74) is 3.45. The molecule has 1 aliphatic heterocycles. The van der Waals surface area contributed by atoms with Gasteiger partial charge in [0, 0.05) is 19.0 Å². The highest BCUT2D eigenvalue weighted by Crippen LogP contribution is 2.30. The first-order valence-electron chi connectivity index (χ1n) is 10.2. The van der Waals surface area contributed by atoms with E-state index < -0.39 is 10.0 Å². The molecule has 32 heavy (non-hydrogen) atoms. The molecule has 3 aromatic rings. The lowest BCUT2D eigenvalue weighted by Gasteiger charge is -2.29. The number of hydrogen-bond acceptors (Lipinski definition) is 7. The molecule has 0 atom stereocenters. The molecule has 2 aromatic heterocycles. The summed E-state index contributed by atoms with van der Waals surface area (Å²) in [5, 5.41) is 10.6. The summed E-state index contributed by atoms with van der Waals surface area (Å²) >= 11 is 6.90. The van der Waals surface area contributed by atoms with E-state index in [1.54, 1.807) is 6.07 Å². The van der Waals surface area contributed by atoms with E-state index in [-0.39, 0.29) is 35.1 Å². The number of rotatable bonds is 6. The lowest BCUT2D eigenvalue weighted by Crippen LogP contribution is -2.41. The smallest absolute Gasteiger partial charge is 0.322 e. The molecular formula is C21H23ClN4O4S2. The van der Waals surface area contributed by atoms with Crippen molar-refractivity contribution in [3.63, 3.8) is 0 Å². The van der Waals surface area contributed by atoms with Gasteiger partial charge in [-0.1, -0.05) is 34.9 Å². The van der Waals surface area contributed by atoms with E-state index in [0.717, 1.165) is 16.9 Å². The lowest BCUT2D eigenvalue weighted by atomic mass is 9.97. The third-order valence-corrected chi connectivity index (χ3v) is 9.19. The van der Waals surface area contributed by atoms with Gasteiger partial charge < -0.3 is 4.42 Å². The van der Waals surface area contributed by atoms with E-state index in [9.17, 15) is 13.2 Å². The van der Waals surface area contributed by atoms with Crippen LogP contribution in [0, 0.1) is 19.8 Å². The molecule has 0 bridgehead atoms. The fourth-order valence-electron chi connectivity index (χ4n) is 3.59. The molecule has 1 amide bonds. The number of benzene rings is 1. The number of anilines is 1. The Labute approximate surface area is 195 Å². The van der Waals surface area contributed by atoms with Crippen molar-refractivity contribution in [1.82, 2.24) is 14.5 Å². The number of carbonyl (C=O) groups is 1. The zero-order chi connectivity index (χ0) is 22.9. The van der Waals surface area contributed by atoms with Crippen LogP contribution >= 0.6 is 22.9 Å². The van der Waals surface area contributed by atoms with E-state index in [1.165, 1.54) is 21.5 Å². The Hall–Kier alpha value is -2.27. The van der Waals surface area contributed by atoms with Crippen molar-refractivity contribution < 1.29 is 17.6 Å². The average Bonchev–Trinajstić information content (AvgIpc) is 3.40. The minimum Gasteiger partial charge on any atom is -0.407 e. The quantitative estimate of drug-likeness (QED) is 0.554. The van der Waals surface area contributed by atoms with Crippen LogP contribution in [0.2, 0.25) is 4.34 Å². The summed E-state index contributed by atoms with van der Waals surface area (Å²) in [6, 6.07) is 9.26. The van der Waals surface area contributed by atoms with Crippen LogP contribution in [0.1, 0.15) is 35.4 Å². The summed E-state index contributed by atoms with van der Waals surface area (Å²) in [4.78, 5) is 12.6. The molecule has 1 aromatic carbocycles. The van der Waals surface area contributed by atoms with Gasteiger partial charge in [0.25, 0.3) is 10.0 Å². The summed E-state index contributed by atoms with van der Waals surface area (Å²) in [6.45, 7) is 4.62. The highest BCUT2D eigenvalue weighted by molar-refractivity contribution is 7.91. The molecule has 0 unspecified atom stereocenters. The first kappa shape index (κ1) is 22.9. The summed E-state index contributed by atoms with van der Waals surface area (Å²) in [7, 11) is -3.59. The molecular weight excluding hydrogens is 472 g/mol. The second kappa shape index (κ2) is 9.30. The lowest BCUT2D eigenvalue weighted by molar-refractivity contribution is -0.121. The fraction of sp³-hybridized carbons (Fsp3) is 0.381. The van der Waals surface area contributed by atoms with E-state index in [0.29, 0.717) is 29.5 Å². The Morgan fingerprint density at radius 1 is 1.19 bits per heavy atom. The Balaban J connectivity index is 1.32. The van der Waals surface area contributed by atoms with Crippen LogP contribution in [-0.4, -0.2) is 41.9 Å². The third-order valence-electron chi connectivity index (χ3n) is 5.59. The number of hydrogen-bond donors (Lipinski definition) is 1. The molecule has 1 aliphatic rings. The van der Waals surface area contributed by atoms with Gasteiger partial charge in [-0.05, 0) is 55.5 Å². The molecule has 8 nitrogen and oxygen atoms in total. The first-order valence-corrected chi connectivity index (χ1v) is 12.8. The summed E-state index contributed by atoms with van der Waals surface area (Å²) in [6.07, 6.45) is 1.30. The van der Waals surface area contributed by atoms with Crippen LogP contribution < -0.4 is 5.32 Å². The number of aromatic nitrogens is 2. The zero-order valence-electron chi connectivity index (χ0n) is 17.7. The second-order valence-corrected chi connectivity index (χ2v) is 11.7. The van der Waals surface area contributed by atoms with Crippen LogP contribution in [0.25, 0.3) is 0 Å². The molecule has 0 aliphatic carbocycles. The number of amides is 1. The summed E-state index contributed by atoms with van der Waals surface area (Å²) in [5.74, 6) is -0.162. The van der Waals surface area contributed by atoms with Gasteiger partial charge in [-0.25, -0.2) is 8.42 Å². The van der Waals surface area contributed by atoms with E-state index in [1.807, 2.05) is 19.1 Å². The monoisotopic (exact) mass is 494 g/mol. The van der Waals surface area contributed by atoms with Crippen molar-refractivity contribution in [3.05, 3.63) is 57.2 Å². The Bertz CT molecular complexity index is 1230. The second-order valence-electron chi connectivity index (χ2n) is 7.82. The van der Waals surface area contributed by atoms with Gasteiger partial charge in [0.2, 0.25) is 11.8 Å². The Morgan fingerprint density at radius 3 is 2.59 bits per heavy atom. The van der Waals surface area contributed by atoms with E-state index in [4.69, 9.17) is 16.0 Å². The molecule has 4 rings (SSSR count). The van der Waals surface area contributed by atoms with Crippen LogP contribution in [0.5, 0.6) is 0 Å². The molecule has 1 N–H and O–H groups in total. The van der Waals surface area contributed by atoms with Crippen molar-refractivity contribution in [2.24, 2.45) is 5.92 Å². The van der Waals surface area contributed by atoms with Crippen LogP contribution in [-0.2, 0) is 21.2 Å². The third kappa shape index (κ3) is 5.03. The maximum absolute atomic E-state index is 12.7. The van der Waals surface area contributed by atoms with Gasteiger partial charge >= 0.3 is 6.01 Å². The number of carbonyl (C=O) groups excluding carboxylic acids is 1. The van der Waals surface area contributed by atoms with Crippen molar-refractivity contribution in [2.75, 3.05) is 18.4 Å². The molecule has 0 saturated carbocycles. The highest BCUT2D eigenvalue weighted by atomic mass is 35.5. The van der Waals surface area contributed by atoms with Gasteiger partial charge in [-0.3, -0.25) is 10.1 Å². The van der Waals surface area contributed by atoms with Crippen molar-refractivity contribution >= 4 is 44.9 Å². The van der Waals surface area contributed by atoms with Gasteiger partial charge in [0.05, 0.1) is 10.8 Å². The first-order chi connectivity index (χ1) is 15.2. The molecule has 170 valence electrons. The maximum atomic E-state index is 12.7. The molecule has 1 fully saturated rings. The number of aryl methyl sites for hydroxylation is 2. The molecule has 3 heterocycles. The fourth-order valence-corrected chi connectivity index (χ4v) is 6.70. The molecule has 0 spiro atoms. The molecule has 11 heteroatoms. The Kier molecular flexibility index (Phi) is 6.66. The standard InChI is InChI=1S/C21H23ClN4O4S2/c1-13-3-4-15(11-14(13)2)12-18-24-25-21(30-18)23-20(27)16-7-9-26(10-8-16)32(28,29)19-6-5-17(22)31-19/h3-6,11,16H,7-10,12H2,1-2H3,(H,23,25,27). The minimum absolute atomic E-state index is 0.0529. The van der Waals surface area contributed by atoms with Crippen LogP contribution in [0.4, 0.5) is 6.01 Å².